The molecule has 4 N–H and O–H groups in total. The summed E-state index contributed by atoms with van der Waals surface area (Å²) < 4.78 is 82.4. The maximum absolute atomic E-state index is 14.5. The van der Waals surface area contributed by atoms with E-state index in [4.69, 9.17) is 10.5 Å². The van der Waals surface area contributed by atoms with Gasteiger partial charge in [-0.3, -0.25) is 4.72 Å². The van der Waals surface area contributed by atoms with E-state index in [0.29, 0.717) is 17.2 Å². The average molecular weight is 541 g/mol. The van der Waals surface area contributed by atoms with Crippen LogP contribution in [0.3, 0.4) is 0 Å². The van der Waals surface area contributed by atoms with Gasteiger partial charge in [0.1, 0.15) is 5.75 Å². The highest BCUT2D eigenvalue weighted by Gasteiger charge is 2.35. The van der Waals surface area contributed by atoms with E-state index < -0.39 is 33.5 Å². The lowest BCUT2D eigenvalue weighted by molar-refractivity contribution is -0.106. The molecule has 1 aromatic carbocycles. The van der Waals surface area contributed by atoms with Crippen molar-refractivity contribution in [2.45, 2.75) is 43.9 Å². The summed E-state index contributed by atoms with van der Waals surface area (Å²) in [5, 5.41) is 3.31. The van der Waals surface area contributed by atoms with E-state index in [1.807, 2.05) is 0 Å². The normalized spacial score (nSPS) is 18.3. The fraction of sp³-hybridized carbons (Fsp3) is 0.348. The lowest BCUT2D eigenvalue weighted by Gasteiger charge is -2.26. The van der Waals surface area contributed by atoms with Crippen LogP contribution in [0.4, 0.5) is 29.2 Å². The molecule has 0 aliphatic heterocycles. The first kappa shape index (κ1) is 26.5. The van der Waals surface area contributed by atoms with Crippen LogP contribution in [0.25, 0.3) is 11.3 Å². The number of hydrogen-bond donors (Lipinski definition) is 3. The second kappa shape index (κ2) is 10.8. The van der Waals surface area contributed by atoms with E-state index in [1.54, 1.807) is 29.1 Å². The van der Waals surface area contributed by atoms with E-state index in [2.05, 4.69) is 20.3 Å². The van der Waals surface area contributed by atoms with Crippen molar-refractivity contribution in [3.05, 3.63) is 54.6 Å². The quantitative estimate of drug-likeness (QED) is 0.357. The predicted molar refractivity (Wildman–Crippen MR) is 129 cm³/mol. The van der Waals surface area contributed by atoms with Gasteiger partial charge in [-0.15, -0.1) is 0 Å². The number of anilines is 2. The Bertz CT molecular complexity index is 1350. The van der Waals surface area contributed by atoms with Crippen molar-refractivity contribution in [2.24, 2.45) is 5.73 Å². The van der Waals surface area contributed by atoms with Crippen molar-refractivity contribution in [1.29, 1.82) is 0 Å². The van der Waals surface area contributed by atoms with Crippen LogP contribution < -0.4 is 20.5 Å². The number of rotatable bonds is 8. The first-order chi connectivity index (χ1) is 17.5. The molecule has 2 heterocycles. The van der Waals surface area contributed by atoms with Gasteiger partial charge in [-0.05, 0) is 56.0 Å². The first-order valence-corrected chi connectivity index (χ1v) is 13.0. The number of aromatic nitrogens is 3. The highest BCUT2D eigenvalue weighted by atomic mass is 32.2. The van der Waals surface area contributed by atoms with Gasteiger partial charge in [0.05, 0.1) is 16.9 Å². The Kier molecular flexibility index (Phi) is 7.78. The number of benzene rings is 1. The van der Waals surface area contributed by atoms with E-state index in [-0.39, 0.29) is 23.7 Å². The summed E-state index contributed by atoms with van der Waals surface area (Å²) in [5.41, 5.74) is 6.29. The summed E-state index contributed by atoms with van der Waals surface area (Å²) in [5.74, 6) is -2.81. The van der Waals surface area contributed by atoms with Gasteiger partial charge in [0.15, 0.2) is 11.6 Å². The van der Waals surface area contributed by atoms with Crippen LogP contribution >= 0.6 is 0 Å². The molecule has 0 amide bonds. The number of nitrogens with one attached hydrogen (secondary N) is 2. The Labute approximate surface area is 210 Å². The molecule has 0 atom stereocenters. The summed E-state index contributed by atoms with van der Waals surface area (Å²) in [4.78, 5) is 13.0. The van der Waals surface area contributed by atoms with Crippen LogP contribution in [-0.2, 0) is 10.0 Å². The molecule has 1 aliphatic rings. The van der Waals surface area contributed by atoms with Crippen LogP contribution in [-0.4, -0.2) is 47.4 Å². The minimum Gasteiger partial charge on any atom is -0.438 e. The molecule has 0 radical (unpaired) electrons. The number of halogens is 4. The number of ether oxygens (including phenoxy) is 1. The summed E-state index contributed by atoms with van der Waals surface area (Å²) in [6.07, 6.45) is 1.71. The van der Waals surface area contributed by atoms with Gasteiger partial charge >= 0.3 is 6.18 Å². The van der Waals surface area contributed by atoms with Gasteiger partial charge in [0, 0.05) is 30.5 Å². The molecule has 37 heavy (non-hydrogen) atoms. The zero-order valence-electron chi connectivity index (χ0n) is 19.4. The number of sulfonamides is 1. The van der Waals surface area contributed by atoms with Crippen molar-refractivity contribution >= 4 is 21.7 Å². The number of hydrogen-bond acceptors (Lipinski definition) is 8. The maximum atomic E-state index is 14.5. The SMILES string of the molecule is NC1CCC(Nc2nccc(-c3cccnc3Oc3ccc(NS(=O)(=O)CC(F)(F)F)c(F)c3)n2)CC1. The molecular weight excluding hydrogens is 516 g/mol. The Morgan fingerprint density at radius 1 is 1.05 bits per heavy atom. The number of nitrogens with zero attached hydrogens (tertiary/aromatic N) is 3. The van der Waals surface area contributed by atoms with Gasteiger partial charge in [0.25, 0.3) is 0 Å². The lowest BCUT2D eigenvalue weighted by atomic mass is 9.92. The fourth-order valence-electron chi connectivity index (χ4n) is 3.86. The molecule has 0 unspecified atom stereocenters. The van der Waals surface area contributed by atoms with E-state index >= 15 is 0 Å². The first-order valence-electron chi connectivity index (χ1n) is 11.3. The van der Waals surface area contributed by atoms with E-state index in [1.165, 1.54) is 12.3 Å². The van der Waals surface area contributed by atoms with Crippen molar-refractivity contribution < 1.29 is 30.7 Å². The third kappa shape index (κ3) is 7.49. The van der Waals surface area contributed by atoms with Gasteiger partial charge in [-0.2, -0.15) is 13.2 Å². The van der Waals surface area contributed by atoms with Crippen LogP contribution in [0, 0.1) is 5.82 Å². The fourth-order valence-corrected chi connectivity index (χ4v) is 4.87. The van der Waals surface area contributed by atoms with E-state index in [0.717, 1.165) is 37.8 Å². The van der Waals surface area contributed by atoms with Crippen molar-refractivity contribution in [1.82, 2.24) is 15.0 Å². The Balaban J connectivity index is 1.50. The molecule has 9 nitrogen and oxygen atoms in total. The zero-order chi connectivity index (χ0) is 26.6. The molecule has 1 aliphatic carbocycles. The Morgan fingerprint density at radius 3 is 2.51 bits per heavy atom. The topological polar surface area (TPSA) is 132 Å². The highest BCUT2D eigenvalue weighted by molar-refractivity contribution is 7.92. The molecule has 0 saturated heterocycles. The standard InChI is InChI=1S/C23H24F4N6O3S/c24-18-12-16(7-8-20(18)33-37(34,35)13-23(25,26)27)36-21-17(2-1-10-29-21)19-9-11-30-22(32-19)31-15-5-3-14(28)4-6-15/h1-2,7-12,14-15,33H,3-6,13,28H2,(H,30,31,32). The molecule has 0 spiro atoms. The van der Waals surface area contributed by atoms with Crippen molar-refractivity contribution in [3.8, 4) is 22.9 Å². The number of alkyl halides is 3. The van der Waals surface area contributed by atoms with E-state index in [9.17, 15) is 26.0 Å². The molecule has 3 aromatic rings. The monoisotopic (exact) mass is 540 g/mol. The second-order valence-corrected chi connectivity index (χ2v) is 10.3. The van der Waals surface area contributed by atoms with Crippen LogP contribution in [0.15, 0.2) is 48.8 Å². The smallest absolute Gasteiger partial charge is 0.404 e. The molecule has 0 bridgehead atoms. The summed E-state index contributed by atoms with van der Waals surface area (Å²) in [6.45, 7) is 0. The molecule has 4 rings (SSSR count). The Morgan fingerprint density at radius 2 is 1.81 bits per heavy atom. The molecular formula is C23H24F4N6O3S. The highest BCUT2D eigenvalue weighted by Crippen LogP contribution is 2.32. The lowest BCUT2D eigenvalue weighted by Crippen LogP contribution is -2.33. The third-order valence-electron chi connectivity index (χ3n) is 5.58. The van der Waals surface area contributed by atoms with Crippen molar-refractivity contribution in [3.63, 3.8) is 0 Å². The zero-order valence-corrected chi connectivity index (χ0v) is 20.2. The van der Waals surface area contributed by atoms with Gasteiger partial charge in [-0.1, -0.05) is 0 Å². The van der Waals surface area contributed by atoms with Crippen molar-refractivity contribution in [2.75, 3.05) is 15.8 Å². The minimum absolute atomic E-state index is 0.0535. The molecule has 1 saturated carbocycles. The second-order valence-electron chi connectivity index (χ2n) is 8.60. The van der Waals surface area contributed by atoms with Crippen LogP contribution in [0.1, 0.15) is 25.7 Å². The average Bonchev–Trinajstić information content (AvgIpc) is 2.81. The maximum Gasteiger partial charge on any atom is 0.404 e. The van der Waals surface area contributed by atoms with Gasteiger partial charge in [-0.25, -0.2) is 27.8 Å². The molecule has 14 heteroatoms. The van der Waals surface area contributed by atoms with Crippen LogP contribution in [0.2, 0.25) is 0 Å². The largest absolute Gasteiger partial charge is 0.438 e. The van der Waals surface area contributed by atoms with Gasteiger partial charge < -0.3 is 15.8 Å². The minimum atomic E-state index is -4.97. The summed E-state index contributed by atoms with van der Waals surface area (Å²) in [7, 11) is -4.84. The third-order valence-corrected chi connectivity index (χ3v) is 6.82. The predicted octanol–water partition coefficient (Wildman–Crippen LogP) is 4.46. The molecule has 198 valence electrons. The summed E-state index contributed by atoms with van der Waals surface area (Å²) in [6, 6.07) is 8.44. The molecule has 2 aromatic heterocycles. The number of pyridine rings is 1. The Hall–Kier alpha value is -3.52. The van der Waals surface area contributed by atoms with Gasteiger partial charge in [0.2, 0.25) is 21.9 Å². The number of nitrogens with two attached hydrogens (primary N) is 1. The summed E-state index contributed by atoms with van der Waals surface area (Å²) >= 11 is 0. The van der Waals surface area contributed by atoms with Crippen LogP contribution in [0.5, 0.6) is 11.6 Å². The molecule has 1 fully saturated rings.